The van der Waals surface area contributed by atoms with Gasteiger partial charge in [0.25, 0.3) is 0 Å². The van der Waals surface area contributed by atoms with Crippen LogP contribution >= 0.6 is 0 Å². The fourth-order valence-electron chi connectivity index (χ4n) is 0.682. The molecule has 0 unspecified atom stereocenters. The van der Waals surface area contributed by atoms with Crippen molar-refractivity contribution >= 4 is 26.4 Å². The van der Waals surface area contributed by atoms with Crippen LogP contribution in [0.5, 0.6) is 0 Å². The van der Waals surface area contributed by atoms with E-state index in [9.17, 15) is 4.79 Å². The number of carbonyl (C=O) groups excluding carboxylic acids is 1. The normalized spacial score (nSPS) is 23.8. The maximum absolute atomic E-state index is 10.6. The lowest BCUT2D eigenvalue weighted by molar-refractivity contribution is -0.118. The molecule has 0 N–H and O–H groups in total. The van der Waals surface area contributed by atoms with Crippen LogP contribution in [-0.2, 0) is 25.4 Å². The van der Waals surface area contributed by atoms with Gasteiger partial charge in [-0.3, -0.25) is 4.79 Å². The minimum Gasteiger partial charge on any atom is -0.300 e. The Bertz CT molecular complexity index is 102. The van der Waals surface area contributed by atoms with Crippen LogP contribution in [0, 0.1) is 0 Å². The largest absolute Gasteiger partial charge is 0.300 e. The lowest BCUT2D eigenvalue weighted by Crippen LogP contribution is -2.16. The van der Waals surface area contributed by atoms with Crippen LogP contribution in [-0.4, -0.2) is 17.3 Å². The Morgan fingerprint density at radius 2 is 1.88 bits per heavy atom. The van der Waals surface area contributed by atoms with Crippen LogP contribution in [0.25, 0.3) is 0 Å². The van der Waals surface area contributed by atoms with Crippen molar-refractivity contribution in [1.29, 1.82) is 0 Å². The molecule has 46 valence electrons. The van der Waals surface area contributed by atoms with E-state index in [1.54, 1.807) is 0 Å². The van der Waals surface area contributed by atoms with Crippen LogP contribution in [0.1, 0.15) is 12.8 Å². The highest BCUT2D eigenvalue weighted by Crippen LogP contribution is 2.02. The number of hydrogen-bond donors (Lipinski definition) is 0. The predicted octanol–water partition coefficient (Wildman–Crippen LogP) is 0.429. The van der Waals surface area contributed by atoms with Crippen LogP contribution in [0.3, 0.4) is 0 Å². The first-order chi connectivity index (χ1) is 3.79. The predicted molar refractivity (Wildman–Crippen MR) is 38.7 cm³/mol. The zero-order valence-electron chi connectivity index (χ0n) is 4.55. The van der Waals surface area contributed by atoms with Gasteiger partial charge in [-0.2, -0.15) is 0 Å². The molecule has 1 rings (SSSR count). The van der Waals surface area contributed by atoms with Gasteiger partial charge in [0.1, 0.15) is 5.78 Å². The summed E-state index contributed by atoms with van der Waals surface area (Å²) in [5.41, 5.74) is 0. The van der Waals surface area contributed by atoms with E-state index in [1.807, 2.05) is 0 Å². The molecule has 8 heavy (non-hydrogen) atoms. The first-order valence-electron chi connectivity index (χ1n) is 2.66. The fourth-order valence-corrected chi connectivity index (χ4v) is 2.30. The van der Waals surface area contributed by atoms with Crippen molar-refractivity contribution in [2.45, 2.75) is 12.8 Å². The first-order valence-corrected chi connectivity index (χ1v) is 5.14. The molecule has 1 fully saturated rings. The molecule has 0 aromatic heterocycles. The summed E-state index contributed by atoms with van der Waals surface area (Å²) in [5.74, 6) is 2.33. The van der Waals surface area contributed by atoms with Crippen molar-refractivity contribution in [2.75, 3.05) is 11.5 Å². The molecular weight excluding hydrogens is 140 g/mol. The average molecular weight is 148 g/mol. The van der Waals surface area contributed by atoms with E-state index >= 15 is 0 Å². The smallest absolute Gasteiger partial charge is 0.134 e. The summed E-state index contributed by atoms with van der Waals surface area (Å²) in [6.45, 7) is 0. The van der Waals surface area contributed by atoms with Gasteiger partial charge < -0.3 is 0 Å². The Morgan fingerprint density at radius 1 is 1.38 bits per heavy atom. The lowest BCUT2D eigenvalue weighted by Gasteiger charge is -2.09. The van der Waals surface area contributed by atoms with Crippen LogP contribution < -0.4 is 0 Å². The SMILES string of the molecule is O=C1CCS(=S)CC1. The summed E-state index contributed by atoms with van der Waals surface area (Å²) >= 11 is 5.02. The third-order valence-electron chi connectivity index (χ3n) is 1.22. The summed E-state index contributed by atoms with van der Waals surface area (Å²) in [7, 11) is 0.152. The molecule has 1 nitrogen and oxygen atoms in total. The average Bonchev–Trinajstić information content (AvgIpc) is 1.77. The second-order valence-corrected chi connectivity index (χ2v) is 5.00. The van der Waals surface area contributed by atoms with Crippen LogP contribution in [0.15, 0.2) is 0 Å². The molecule has 1 heterocycles. The van der Waals surface area contributed by atoms with Gasteiger partial charge in [-0.1, -0.05) is 11.2 Å². The van der Waals surface area contributed by atoms with E-state index in [0.29, 0.717) is 5.78 Å². The maximum atomic E-state index is 10.6. The zero-order valence-corrected chi connectivity index (χ0v) is 6.19. The third-order valence-corrected chi connectivity index (χ3v) is 3.54. The molecule has 0 radical (unpaired) electrons. The summed E-state index contributed by atoms with van der Waals surface area (Å²) in [6, 6.07) is 0. The molecule has 1 aliphatic heterocycles. The van der Waals surface area contributed by atoms with E-state index in [1.165, 1.54) is 0 Å². The van der Waals surface area contributed by atoms with E-state index in [4.69, 9.17) is 11.2 Å². The molecule has 0 aromatic carbocycles. The van der Waals surface area contributed by atoms with Crippen molar-refractivity contribution in [3.63, 3.8) is 0 Å². The minimum atomic E-state index is 0.152. The molecule has 1 saturated heterocycles. The molecule has 0 saturated carbocycles. The molecule has 3 heteroatoms. The molecule has 0 atom stereocenters. The third kappa shape index (κ3) is 1.63. The Kier molecular flexibility index (Phi) is 2.14. The molecule has 0 aromatic rings. The second kappa shape index (κ2) is 2.69. The second-order valence-electron chi connectivity index (χ2n) is 1.89. The van der Waals surface area contributed by atoms with Gasteiger partial charge >= 0.3 is 0 Å². The molecule has 0 aliphatic carbocycles. The minimum absolute atomic E-state index is 0.152. The zero-order chi connectivity index (χ0) is 5.98. The van der Waals surface area contributed by atoms with Gasteiger partial charge in [-0.05, 0) is 0 Å². The number of Topliss-reactive ketones (excluding diaryl/α,β-unsaturated/α-hetero) is 1. The lowest BCUT2D eigenvalue weighted by atomic mass is 10.2. The Morgan fingerprint density at radius 3 is 2.25 bits per heavy atom. The van der Waals surface area contributed by atoms with Gasteiger partial charge in [0.05, 0.1) is 0 Å². The van der Waals surface area contributed by atoms with E-state index in [-0.39, 0.29) is 9.45 Å². The highest BCUT2D eigenvalue weighted by Gasteiger charge is 2.09. The van der Waals surface area contributed by atoms with Crippen LogP contribution in [0.4, 0.5) is 0 Å². The quantitative estimate of drug-likeness (QED) is 0.495. The highest BCUT2D eigenvalue weighted by atomic mass is 32.8. The number of rotatable bonds is 0. The molecule has 0 bridgehead atoms. The van der Waals surface area contributed by atoms with Crippen molar-refractivity contribution in [3.05, 3.63) is 0 Å². The number of hydrogen-bond acceptors (Lipinski definition) is 2. The molecule has 0 spiro atoms. The molecule has 0 amide bonds. The highest BCUT2D eigenvalue weighted by molar-refractivity contribution is 8.28. The van der Waals surface area contributed by atoms with Crippen LogP contribution in [0.2, 0.25) is 0 Å². The molecule has 1 aliphatic rings. The van der Waals surface area contributed by atoms with Crippen molar-refractivity contribution in [1.82, 2.24) is 0 Å². The van der Waals surface area contributed by atoms with Gasteiger partial charge in [-0.15, -0.1) is 9.45 Å². The number of ketones is 1. The van der Waals surface area contributed by atoms with Gasteiger partial charge in [-0.25, -0.2) is 0 Å². The van der Waals surface area contributed by atoms with Gasteiger partial charge in [0.15, 0.2) is 0 Å². The van der Waals surface area contributed by atoms with Gasteiger partial charge in [0.2, 0.25) is 0 Å². The summed E-state index contributed by atoms with van der Waals surface area (Å²) < 4.78 is 0. The summed E-state index contributed by atoms with van der Waals surface area (Å²) in [5, 5.41) is 0. The van der Waals surface area contributed by atoms with Gasteiger partial charge in [0, 0.05) is 24.3 Å². The van der Waals surface area contributed by atoms with Crippen molar-refractivity contribution in [3.8, 4) is 0 Å². The summed E-state index contributed by atoms with van der Waals surface area (Å²) in [4.78, 5) is 10.6. The Hall–Kier alpha value is 0.240. The first kappa shape index (κ1) is 6.36. The topological polar surface area (TPSA) is 17.1 Å². The molecular formula is C5H8OS2. The van der Waals surface area contributed by atoms with Crippen molar-refractivity contribution in [2.24, 2.45) is 0 Å². The van der Waals surface area contributed by atoms with E-state index in [2.05, 4.69) is 0 Å². The Balaban J connectivity index is 2.40. The van der Waals surface area contributed by atoms with Crippen molar-refractivity contribution < 1.29 is 4.79 Å². The standard InChI is InChI=1S/C5H8OS2/c6-5-1-3-8(7)4-2-5/h1-4H2. The maximum Gasteiger partial charge on any atom is 0.134 e. The monoisotopic (exact) mass is 148 g/mol. The fraction of sp³-hybridized carbons (Fsp3) is 0.800. The van der Waals surface area contributed by atoms with E-state index < -0.39 is 0 Å². The van der Waals surface area contributed by atoms with E-state index in [0.717, 1.165) is 24.3 Å². The number of carbonyl (C=O) groups is 1. The Labute approximate surface area is 56.1 Å². The summed E-state index contributed by atoms with van der Waals surface area (Å²) in [6.07, 6.45) is 1.49.